The van der Waals surface area contributed by atoms with Gasteiger partial charge in [-0.05, 0) is 83.0 Å². The fourth-order valence-electron chi connectivity index (χ4n) is 6.55. The van der Waals surface area contributed by atoms with Crippen molar-refractivity contribution < 1.29 is 14.3 Å². The lowest BCUT2D eigenvalue weighted by Crippen LogP contribution is -2.26. The normalized spacial score (nSPS) is 18.0. The van der Waals surface area contributed by atoms with Crippen molar-refractivity contribution in [3.05, 3.63) is 88.0 Å². The number of ether oxygens (including phenoxy) is 2. The van der Waals surface area contributed by atoms with Crippen molar-refractivity contribution in [2.45, 2.75) is 84.6 Å². The van der Waals surface area contributed by atoms with Gasteiger partial charge < -0.3 is 19.6 Å². The standard InChI is InChI=1S/C26H33NO3.C11H17N/c1-4-5-20-14-21(6-8-23(20)18(2)3)24-15-22(17-27(24)10-11-28)19-7-9-25-26(16-19)30-13-12-29-25;1-4-9-7-6-8-10(5-2)11(9)12-3/h6-9,11,14,16,18,22,24H,4-5,10,12-13,15,17H2,1-3H3;6-8,12H,4-5H2,1-3H3/t22-,24-;/m1./s1. The smallest absolute Gasteiger partial charge is 0.161 e. The molecule has 42 heavy (non-hydrogen) atoms. The third-order valence-electron chi connectivity index (χ3n) is 8.69. The highest BCUT2D eigenvalue weighted by Crippen LogP contribution is 2.43. The molecule has 1 fully saturated rings. The summed E-state index contributed by atoms with van der Waals surface area (Å²) in [6.07, 6.45) is 6.50. The number of likely N-dealkylation sites (tertiary alicyclic amines) is 1. The number of aldehydes is 1. The van der Waals surface area contributed by atoms with E-state index in [0.29, 0.717) is 31.6 Å². The maximum atomic E-state index is 11.4. The highest BCUT2D eigenvalue weighted by molar-refractivity contribution is 5.57. The number of rotatable bonds is 10. The van der Waals surface area contributed by atoms with E-state index in [0.717, 1.165) is 56.4 Å². The predicted molar refractivity (Wildman–Crippen MR) is 174 cm³/mol. The highest BCUT2D eigenvalue weighted by Gasteiger charge is 2.34. The van der Waals surface area contributed by atoms with Crippen LogP contribution in [-0.2, 0) is 24.1 Å². The molecule has 5 rings (SSSR count). The van der Waals surface area contributed by atoms with Crippen LogP contribution in [0, 0.1) is 0 Å². The lowest BCUT2D eigenvalue weighted by Gasteiger charge is -2.24. The second-order valence-electron chi connectivity index (χ2n) is 11.7. The maximum Gasteiger partial charge on any atom is 0.161 e. The summed E-state index contributed by atoms with van der Waals surface area (Å²) < 4.78 is 11.5. The molecular formula is C37H50N2O3. The molecule has 0 saturated carbocycles. The monoisotopic (exact) mass is 570 g/mol. The Bertz CT molecular complexity index is 1300. The second-order valence-corrected chi connectivity index (χ2v) is 11.7. The number of aryl methyl sites for hydroxylation is 3. The van der Waals surface area contributed by atoms with Crippen LogP contribution in [0.5, 0.6) is 11.5 Å². The lowest BCUT2D eigenvalue weighted by molar-refractivity contribution is -0.109. The molecule has 0 aromatic heterocycles. The zero-order valence-electron chi connectivity index (χ0n) is 26.5. The van der Waals surface area contributed by atoms with Gasteiger partial charge in [0.1, 0.15) is 19.5 Å². The molecule has 0 aliphatic carbocycles. The minimum Gasteiger partial charge on any atom is -0.486 e. The number of nitrogens with zero attached hydrogens (tertiary/aromatic N) is 1. The number of nitrogens with one attached hydrogen (secondary N) is 1. The van der Waals surface area contributed by atoms with Gasteiger partial charge in [0, 0.05) is 25.3 Å². The molecule has 0 amide bonds. The summed E-state index contributed by atoms with van der Waals surface area (Å²) >= 11 is 0. The number of carbonyl (C=O) groups is 1. The van der Waals surface area contributed by atoms with Gasteiger partial charge in [0.05, 0.1) is 6.54 Å². The van der Waals surface area contributed by atoms with Crippen LogP contribution in [-0.4, -0.2) is 44.5 Å². The van der Waals surface area contributed by atoms with E-state index >= 15 is 0 Å². The summed E-state index contributed by atoms with van der Waals surface area (Å²) in [6, 6.07) is 20.1. The molecule has 0 unspecified atom stereocenters. The van der Waals surface area contributed by atoms with Crippen LogP contribution >= 0.6 is 0 Å². The first-order valence-corrected chi connectivity index (χ1v) is 15.9. The third kappa shape index (κ3) is 7.36. The van der Waals surface area contributed by atoms with E-state index in [1.165, 1.54) is 39.1 Å². The van der Waals surface area contributed by atoms with Crippen LogP contribution < -0.4 is 14.8 Å². The predicted octanol–water partition coefficient (Wildman–Crippen LogP) is 8.12. The molecule has 2 aliphatic heterocycles. The van der Waals surface area contributed by atoms with Crippen LogP contribution in [0.4, 0.5) is 5.69 Å². The fourth-order valence-corrected chi connectivity index (χ4v) is 6.55. The van der Waals surface area contributed by atoms with Gasteiger partial charge in [-0.2, -0.15) is 0 Å². The third-order valence-corrected chi connectivity index (χ3v) is 8.69. The largest absolute Gasteiger partial charge is 0.486 e. The van der Waals surface area contributed by atoms with Crippen molar-refractivity contribution in [1.82, 2.24) is 4.90 Å². The Kier molecular flexibility index (Phi) is 11.5. The zero-order chi connectivity index (χ0) is 30.1. The van der Waals surface area contributed by atoms with Gasteiger partial charge in [-0.25, -0.2) is 0 Å². The van der Waals surface area contributed by atoms with Gasteiger partial charge in [-0.15, -0.1) is 0 Å². The molecule has 226 valence electrons. The SMILES string of the molecule is CCCc1cc([C@H]2C[C@@H](c3ccc4c(c3)OCCO4)CN2CC=O)ccc1C(C)C.CCc1cccc(CC)c1NC. The van der Waals surface area contributed by atoms with E-state index < -0.39 is 0 Å². The summed E-state index contributed by atoms with van der Waals surface area (Å²) in [6.45, 7) is 13.7. The molecule has 1 saturated heterocycles. The summed E-state index contributed by atoms with van der Waals surface area (Å²) in [5.74, 6) is 2.58. The first kappa shape index (κ1) is 31.6. The lowest BCUT2D eigenvalue weighted by atomic mass is 9.89. The average molecular weight is 571 g/mol. The van der Waals surface area contributed by atoms with Crippen LogP contribution in [0.25, 0.3) is 0 Å². The van der Waals surface area contributed by atoms with Crippen LogP contribution in [0.15, 0.2) is 54.6 Å². The van der Waals surface area contributed by atoms with E-state index in [-0.39, 0.29) is 6.04 Å². The number of para-hydroxylation sites is 1. The van der Waals surface area contributed by atoms with E-state index in [4.69, 9.17) is 9.47 Å². The average Bonchev–Trinajstić information content (AvgIpc) is 3.44. The topological polar surface area (TPSA) is 50.8 Å². The molecule has 0 bridgehead atoms. The minimum atomic E-state index is 0.269. The maximum absolute atomic E-state index is 11.4. The minimum absolute atomic E-state index is 0.269. The van der Waals surface area contributed by atoms with Gasteiger partial charge in [-0.1, -0.05) is 83.5 Å². The number of fused-ring (bicyclic) bond motifs is 1. The van der Waals surface area contributed by atoms with Gasteiger partial charge in [0.2, 0.25) is 0 Å². The van der Waals surface area contributed by atoms with Crippen molar-refractivity contribution >= 4 is 12.0 Å². The van der Waals surface area contributed by atoms with Crippen molar-refractivity contribution in [2.24, 2.45) is 0 Å². The Labute approximate surface area is 253 Å². The van der Waals surface area contributed by atoms with Crippen LogP contribution in [0.1, 0.15) is 98.7 Å². The van der Waals surface area contributed by atoms with E-state index in [1.807, 2.05) is 13.1 Å². The summed E-state index contributed by atoms with van der Waals surface area (Å²) in [5, 5.41) is 3.27. The highest BCUT2D eigenvalue weighted by atomic mass is 16.6. The van der Waals surface area contributed by atoms with E-state index in [1.54, 1.807) is 0 Å². The first-order chi connectivity index (χ1) is 20.4. The van der Waals surface area contributed by atoms with Crippen molar-refractivity contribution in [1.29, 1.82) is 0 Å². The summed E-state index contributed by atoms with van der Waals surface area (Å²) in [4.78, 5) is 13.7. The molecule has 5 nitrogen and oxygen atoms in total. The summed E-state index contributed by atoms with van der Waals surface area (Å²) in [7, 11) is 1.99. The molecule has 1 N–H and O–H groups in total. The summed E-state index contributed by atoms with van der Waals surface area (Å²) in [5.41, 5.74) is 9.66. The Hall–Kier alpha value is -3.31. The Morgan fingerprint density at radius 2 is 1.60 bits per heavy atom. The Morgan fingerprint density at radius 1 is 0.905 bits per heavy atom. The molecule has 0 radical (unpaired) electrons. The van der Waals surface area contributed by atoms with Gasteiger partial charge in [0.25, 0.3) is 0 Å². The number of carbonyl (C=O) groups excluding carboxylic acids is 1. The van der Waals surface area contributed by atoms with Crippen LogP contribution in [0.2, 0.25) is 0 Å². The molecule has 2 atom stereocenters. The molecule has 3 aromatic rings. The molecular weight excluding hydrogens is 520 g/mol. The van der Waals surface area contributed by atoms with Gasteiger partial charge >= 0.3 is 0 Å². The molecule has 2 aliphatic rings. The van der Waals surface area contributed by atoms with E-state index in [9.17, 15) is 4.79 Å². The van der Waals surface area contributed by atoms with Gasteiger partial charge in [0.15, 0.2) is 11.5 Å². The second kappa shape index (κ2) is 15.2. The fraction of sp³-hybridized carbons (Fsp3) is 0.486. The van der Waals surface area contributed by atoms with Gasteiger partial charge in [-0.3, -0.25) is 4.90 Å². The zero-order valence-corrected chi connectivity index (χ0v) is 26.5. The number of hydrogen-bond acceptors (Lipinski definition) is 5. The van der Waals surface area contributed by atoms with Crippen molar-refractivity contribution in [3.8, 4) is 11.5 Å². The first-order valence-electron chi connectivity index (χ1n) is 15.9. The molecule has 2 heterocycles. The Morgan fingerprint density at radius 3 is 2.21 bits per heavy atom. The van der Waals surface area contributed by atoms with Crippen LogP contribution in [0.3, 0.4) is 0 Å². The number of hydrogen-bond donors (Lipinski definition) is 1. The van der Waals surface area contributed by atoms with E-state index in [2.05, 4.69) is 93.4 Å². The molecule has 3 aromatic carbocycles. The molecule has 0 spiro atoms. The van der Waals surface area contributed by atoms with Crippen molar-refractivity contribution in [2.75, 3.05) is 38.7 Å². The van der Waals surface area contributed by atoms with Crippen molar-refractivity contribution in [3.63, 3.8) is 0 Å². The molecule has 5 heteroatoms. The quantitative estimate of drug-likeness (QED) is 0.250. The number of benzene rings is 3. The number of anilines is 1. The Balaban J connectivity index is 0.000000283.